The van der Waals surface area contributed by atoms with Crippen LogP contribution < -0.4 is 0 Å². The molecule has 1 unspecified atom stereocenters. The van der Waals surface area contributed by atoms with Crippen LogP contribution in [0.25, 0.3) is 0 Å². The third-order valence-corrected chi connectivity index (χ3v) is 1.84. The Hall–Kier alpha value is -1.09. The van der Waals surface area contributed by atoms with Gasteiger partial charge in [0.15, 0.2) is 0 Å². The van der Waals surface area contributed by atoms with E-state index in [0.717, 1.165) is 5.57 Å². The van der Waals surface area contributed by atoms with Crippen molar-refractivity contribution in [3.8, 4) is 0 Å². The lowest BCUT2D eigenvalue weighted by Gasteiger charge is -2.15. The third kappa shape index (κ3) is 7.94. The molecule has 0 aromatic carbocycles. The summed E-state index contributed by atoms with van der Waals surface area (Å²) in [7, 11) is 0. The number of carbonyl (C=O) groups is 1. The van der Waals surface area contributed by atoms with Gasteiger partial charge in [0.05, 0.1) is 5.60 Å². The first kappa shape index (κ1) is 13.9. The van der Waals surface area contributed by atoms with Crippen molar-refractivity contribution in [1.82, 2.24) is 0 Å². The number of hydrogen-bond acceptors (Lipinski definition) is 3. The van der Waals surface area contributed by atoms with Crippen molar-refractivity contribution in [2.45, 2.75) is 33.3 Å². The molecule has 0 aromatic heterocycles. The Bertz CT molecular complexity index is 259. The highest BCUT2D eigenvalue weighted by atomic mass is 16.5. The summed E-state index contributed by atoms with van der Waals surface area (Å²) >= 11 is 0. The van der Waals surface area contributed by atoms with E-state index in [2.05, 4.69) is 6.58 Å². The monoisotopic (exact) mass is 212 g/mol. The summed E-state index contributed by atoms with van der Waals surface area (Å²) in [5.41, 5.74) is 0.0425. The largest absolute Gasteiger partial charge is 0.465 e. The minimum atomic E-state index is -0.857. The van der Waals surface area contributed by atoms with E-state index in [1.807, 2.05) is 13.0 Å². The Morgan fingerprint density at radius 1 is 1.53 bits per heavy atom. The molecule has 0 aromatic rings. The molecule has 3 nitrogen and oxygen atoms in total. The zero-order valence-electron chi connectivity index (χ0n) is 9.91. The molecule has 0 bridgehead atoms. The van der Waals surface area contributed by atoms with Gasteiger partial charge in [-0.1, -0.05) is 24.3 Å². The quantitative estimate of drug-likeness (QED) is 0.560. The average Bonchev–Trinajstić information content (AvgIpc) is 2.00. The maximum absolute atomic E-state index is 10.6. The number of ether oxygens (including phenoxy) is 1. The number of aliphatic hydroxyl groups is 1. The van der Waals surface area contributed by atoms with Gasteiger partial charge in [0.2, 0.25) is 0 Å². The van der Waals surface area contributed by atoms with Crippen molar-refractivity contribution < 1.29 is 14.6 Å². The molecule has 0 amide bonds. The van der Waals surface area contributed by atoms with Gasteiger partial charge in [-0.2, -0.15) is 0 Å². The highest BCUT2D eigenvalue weighted by molar-refractivity contribution is 5.65. The molecular weight excluding hydrogens is 192 g/mol. The lowest BCUT2D eigenvalue weighted by Crippen LogP contribution is -2.16. The fourth-order valence-corrected chi connectivity index (χ4v) is 0.921. The molecule has 15 heavy (non-hydrogen) atoms. The number of esters is 1. The number of hydrogen-bond donors (Lipinski definition) is 1. The molecule has 0 aliphatic heterocycles. The van der Waals surface area contributed by atoms with Gasteiger partial charge in [-0.15, -0.1) is 0 Å². The first-order valence-electron chi connectivity index (χ1n) is 4.93. The summed E-state index contributed by atoms with van der Waals surface area (Å²) in [6, 6.07) is 0. The zero-order chi connectivity index (χ0) is 12.1. The molecule has 0 saturated carbocycles. The highest BCUT2D eigenvalue weighted by Crippen LogP contribution is 2.13. The lowest BCUT2D eigenvalue weighted by molar-refractivity contribution is -0.141. The van der Waals surface area contributed by atoms with Crippen LogP contribution in [0.2, 0.25) is 0 Å². The molecule has 86 valence electrons. The first-order valence-corrected chi connectivity index (χ1v) is 4.93. The first-order chi connectivity index (χ1) is 6.72. The van der Waals surface area contributed by atoms with Gasteiger partial charge < -0.3 is 9.84 Å². The standard InChI is InChI=1S/C12H20O3/c1-9(2)11(8-15-10(3)13)6-7-12(4,5)14/h6-7,11,14H,1,8H2,2-5H3/b7-6+. The summed E-state index contributed by atoms with van der Waals surface area (Å²) in [6.07, 6.45) is 3.49. The van der Waals surface area contributed by atoms with Crippen LogP contribution >= 0.6 is 0 Å². The molecule has 0 rings (SSSR count). The summed E-state index contributed by atoms with van der Waals surface area (Å²) in [5.74, 6) is -0.349. The summed E-state index contributed by atoms with van der Waals surface area (Å²) in [6.45, 7) is 10.7. The van der Waals surface area contributed by atoms with Gasteiger partial charge >= 0.3 is 5.97 Å². The molecular formula is C12H20O3. The van der Waals surface area contributed by atoms with Crippen LogP contribution in [0, 0.1) is 5.92 Å². The van der Waals surface area contributed by atoms with Crippen LogP contribution in [0.15, 0.2) is 24.3 Å². The minimum Gasteiger partial charge on any atom is -0.465 e. The van der Waals surface area contributed by atoms with Crippen molar-refractivity contribution in [2.24, 2.45) is 5.92 Å². The molecule has 0 fully saturated rings. The lowest BCUT2D eigenvalue weighted by atomic mass is 9.99. The van der Waals surface area contributed by atoms with Crippen molar-refractivity contribution in [3.63, 3.8) is 0 Å². The highest BCUT2D eigenvalue weighted by Gasteiger charge is 2.11. The van der Waals surface area contributed by atoms with Gasteiger partial charge in [0.1, 0.15) is 6.61 Å². The van der Waals surface area contributed by atoms with Crippen molar-refractivity contribution >= 4 is 5.97 Å². The number of carbonyl (C=O) groups excluding carboxylic acids is 1. The van der Waals surface area contributed by atoms with E-state index < -0.39 is 5.60 Å². The summed E-state index contributed by atoms with van der Waals surface area (Å²) < 4.78 is 4.90. The SMILES string of the molecule is C=C(C)C(/C=C/C(C)(C)O)COC(C)=O. The van der Waals surface area contributed by atoms with E-state index in [1.165, 1.54) is 6.92 Å². The van der Waals surface area contributed by atoms with Gasteiger partial charge in [-0.3, -0.25) is 4.79 Å². The Balaban J connectivity index is 4.35. The van der Waals surface area contributed by atoms with E-state index >= 15 is 0 Å². The smallest absolute Gasteiger partial charge is 0.302 e. The zero-order valence-corrected chi connectivity index (χ0v) is 9.91. The maximum atomic E-state index is 10.6. The summed E-state index contributed by atoms with van der Waals surface area (Å²) in [4.78, 5) is 10.6. The van der Waals surface area contributed by atoms with E-state index in [9.17, 15) is 9.90 Å². The predicted octanol–water partition coefficient (Wildman–Crippen LogP) is 2.07. The van der Waals surface area contributed by atoms with Gasteiger partial charge in [0.25, 0.3) is 0 Å². The van der Waals surface area contributed by atoms with E-state index in [0.29, 0.717) is 0 Å². The van der Waals surface area contributed by atoms with E-state index in [1.54, 1.807) is 19.9 Å². The van der Waals surface area contributed by atoms with Crippen LogP contribution in [-0.2, 0) is 9.53 Å². The molecule has 0 aliphatic rings. The van der Waals surface area contributed by atoms with Gasteiger partial charge in [-0.25, -0.2) is 0 Å². The van der Waals surface area contributed by atoms with Gasteiger partial charge in [-0.05, 0) is 20.8 Å². The molecule has 0 spiro atoms. The van der Waals surface area contributed by atoms with Crippen molar-refractivity contribution in [1.29, 1.82) is 0 Å². The minimum absolute atomic E-state index is 0.0414. The predicted molar refractivity (Wildman–Crippen MR) is 60.4 cm³/mol. The molecule has 3 heteroatoms. The van der Waals surface area contributed by atoms with Crippen LogP contribution in [0.3, 0.4) is 0 Å². The second kappa shape index (κ2) is 5.71. The normalized spacial score (nSPS) is 13.9. The topological polar surface area (TPSA) is 46.5 Å². The van der Waals surface area contributed by atoms with Gasteiger partial charge in [0, 0.05) is 12.8 Å². The maximum Gasteiger partial charge on any atom is 0.302 e. The molecule has 0 heterocycles. The third-order valence-electron chi connectivity index (χ3n) is 1.84. The molecule has 0 aliphatic carbocycles. The Labute approximate surface area is 91.4 Å². The Kier molecular flexibility index (Phi) is 5.29. The van der Waals surface area contributed by atoms with Crippen LogP contribution in [0.4, 0.5) is 0 Å². The van der Waals surface area contributed by atoms with E-state index in [4.69, 9.17) is 4.74 Å². The fourth-order valence-electron chi connectivity index (χ4n) is 0.921. The van der Waals surface area contributed by atoms with Crippen molar-refractivity contribution in [2.75, 3.05) is 6.61 Å². The second-order valence-electron chi connectivity index (χ2n) is 4.27. The fraction of sp³-hybridized carbons (Fsp3) is 0.583. The van der Waals surface area contributed by atoms with Crippen LogP contribution in [0.5, 0.6) is 0 Å². The molecule has 1 atom stereocenters. The van der Waals surface area contributed by atoms with Crippen LogP contribution in [0.1, 0.15) is 27.7 Å². The molecule has 0 radical (unpaired) electrons. The summed E-state index contributed by atoms with van der Waals surface area (Å²) in [5, 5.41) is 9.50. The van der Waals surface area contributed by atoms with E-state index in [-0.39, 0.29) is 18.5 Å². The average molecular weight is 212 g/mol. The van der Waals surface area contributed by atoms with Crippen LogP contribution in [-0.4, -0.2) is 23.3 Å². The van der Waals surface area contributed by atoms with Crippen molar-refractivity contribution in [3.05, 3.63) is 24.3 Å². The Morgan fingerprint density at radius 2 is 2.07 bits per heavy atom. The molecule has 1 N–H and O–H groups in total. The molecule has 0 saturated heterocycles. The second-order valence-corrected chi connectivity index (χ2v) is 4.27. The number of rotatable bonds is 5. The Morgan fingerprint density at radius 3 is 2.40 bits per heavy atom.